The number of nitrogens with one attached hydrogen (secondary N) is 1. The van der Waals surface area contributed by atoms with Crippen molar-refractivity contribution in [3.05, 3.63) is 18.6 Å². The molecule has 7 heteroatoms. The molecule has 5 rings (SSSR count). The van der Waals surface area contributed by atoms with Crippen LogP contribution in [0, 0.1) is 16.7 Å². The van der Waals surface area contributed by atoms with Crippen LogP contribution in [0.5, 0.6) is 0 Å². The lowest BCUT2D eigenvalue weighted by Crippen LogP contribution is -2.46. The van der Waals surface area contributed by atoms with Crippen LogP contribution in [0.3, 0.4) is 0 Å². The fraction of sp³-hybridized carbons (Fsp3) is 0.650. The van der Waals surface area contributed by atoms with Gasteiger partial charge in [0.2, 0.25) is 0 Å². The Morgan fingerprint density at radius 3 is 2.89 bits per heavy atom. The molecule has 1 atom stereocenters. The van der Waals surface area contributed by atoms with E-state index in [0.717, 1.165) is 68.5 Å². The Balaban J connectivity index is 1.28. The summed E-state index contributed by atoms with van der Waals surface area (Å²) in [4.78, 5) is 27.0. The van der Waals surface area contributed by atoms with Gasteiger partial charge < -0.3 is 19.7 Å². The van der Waals surface area contributed by atoms with E-state index in [2.05, 4.69) is 19.9 Å². The first-order valence-electron chi connectivity index (χ1n) is 9.95. The number of hydrogen-bond acceptors (Lipinski definition) is 6. The molecule has 2 aromatic heterocycles. The van der Waals surface area contributed by atoms with Crippen molar-refractivity contribution in [2.45, 2.75) is 38.5 Å². The standard InChI is InChI=1S/C20H26N4O3/c25-11-19(4-1-5-19)12-27-18(26)15-3-9-24(10-20(15)6-7-20)17-14-2-8-21-16(14)22-13-23-17/h2,8,13,15,25H,1,3-7,9-12H2,(H,21,22,23)/t15-/m0/s1. The maximum atomic E-state index is 12.8. The van der Waals surface area contributed by atoms with Crippen LogP contribution in [0.15, 0.2) is 18.6 Å². The third-order valence-electron chi connectivity index (χ3n) is 7.01. The van der Waals surface area contributed by atoms with Gasteiger partial charge in [-0.2, -0.15) is 0 Å². The van der Waals surface area contributed by atoms with Crippen LogP contribution in [0.4, 0.5) is 5.82 Å². The first kappa shape index (κ1) is 17.0. The average Bonchev–Trinajstić information content (AvgIpc) is 3.23. The molecule has 3 fully saturated rings. The molecule has 7 nitrogen and oxygen atoms in total. The van der Waals surface area contributed by atoms with Gasteiger partial charge in [0.1, 0.15) is 17.8 Å². The molecule has 0 bridgehead atoms. The molecule has 0 unspecified atom stereocenters. The van der Waals surface area contributed by atoms with E-state index in [1.54, 1.807) is 6.33 Å². The number of hydrogen-bond donors (Lipinski definition) is 2. The molecule has 1 aliphatic heterocycles. The van der Waals surface area contributed by atoms with Crippen molar-refractivity contribution in [1.82, 2.24) is 15.0 Å². The second-order valence-corrected chi connectivity index (χ2v) is 8.68. The predicted octanol–water partition coefficient (Wildman–Crippen LogP) is 2.27. The van der Waals surface area contributed by atoms with E-state index in [9.17, 15) is 9.90 Å². The number of anilines is 1. The van der Waals surface area contributed by atoms with Gasteiger partial charge in [-0.3, -0.25) is 4.79 Å². The van der Waals surface area contributed by atoms with Gasteiger partial charge >= 0.3 is 5.97 Å². The number of aromatic amines is 1. The number of aromatic nitrogens is 3. The zero-order valence-corrected chi connectivity index (χ0v) is 15.5. The number of aliphatic hydroxyl groups excluding tert-OH is 1. The van der Waals surface area contributed by atoms with Crippen molar-refractivity contribution in [2.24, 2.45) is 16.7 Å². The molecule has 0 aromatic carbocycles. The van der Waals surface area contributed by atoms with Crippen molar-refractivity contribution in [1.29, 1.82) is 0 Å². The summed E-state index contributed by atoms with van der Waals surface area (Å²) < 4.78 is 5.71. The van der Waals surface area contributed by atoms with E-state index >= 15 is 0 Å². The highest BCUT2D eigenvalue weighted by Crippen LogP contribution is 2.56. The van der Waals surface area contributed by atoms with Crippen LogP contribution < -0.4 is 4.90 Å². The van der Waals surface area contributed by atoms with Crippen LogP contribution in [-0.4, -0.2) is 52.3 Å². The van der Waals surface area contributed by atoms with E-state index in [1.165, 1.54) is 0 Å². The molecule has 1 spiro atoms. The van der Waals surface area contributed by atoms with E-state index in [0.29, 0.717) is 6.61 Å². The summed E-state index contributed by atoms with van der Waals surface area (Å²) in [5.74, 6) is 0.850. The molecule has 2 aromatic rings. The van der Waals surface area contributed by atoms with E-state index in [4.69, 9.17) is 4.74 Å². The molecular formula is C20H26N4O3. The topological polar surface area (TPSA) is 91.3 Å². The molecule has 1 saturated heterocycles. The second kappa shape index (κ2) is 6.19. The summed E-state index contributed by atoms with van der Waals surface area (Å²) in [7, 11) is 0. The Morgan fingerprint density at radius 1 is 1.33 bits per heavy atom. The van der Waals surface area contributed by atoms with Gasteiger partial charge in [0, 0.05) is 30.1 Å². The maximum Gasteiger partial charge on any atom is 0.309 e. The Hall–Kier alpha value is -2.15. The molecule has 0 radical (unpaired) electrons. The van der Waals surface area contributed by atoms with Crippen molar-refractivity contribution in [3.63, 3.8) is 0 Å². The number of aliphatic hydroxyl groups is 1. The summed E-state index contributed by atoms with van der Waals surface area (Å²) >= 11 is 0. The lowest BCUT2D eigenvalue weighted by Gasteiger charge is -2.41. The quantitative estimate of drug-likeness (QED) is 0.785. The van der Waals surface area contributed by atoms with Gasteiger partial charge in [-0.05, 0) is 38.2 Å². The van der Waals surface area contributed by atoms with Crippen LogP contribution in [0.25, 0.3) is 11.0 Å². The van der Waals surface area contributed by atoms with Crippen LogP contribution in [0.2, 0.25) is 0 Å². The summed E-state index contributed by atoms with van der Waals surface area (Å²) in [6.07, 6.45) is 9.44. The molecule has 0 amide bonds. The number of carbonyl (C=O) groups excluding carboxylic acids is 1. The first-order valence-corrected chi connectivity index (χ1v) is 9.95. The Morgan fingerprint density at radius 2 is 2.19 bits per heavy atom. The zero-order chi connectivity index (χ0) is 18.5. The number of ether oxygens (including phenoxy) is 1. The first-order chi connectivity index (χ1) is 13.1. The number of nitrogens with zero attached hydrogens (tertiary/aromatic N) is 3. The normalized spacial score (nSPS) is 25.4. The van der Waals surface area contributed by atoms with E-state index < -0.39 is 0 Å². The number of H-pyrrole nitrogens is 1. The van der Waals surface area contributed by atoms with Gasteiger partial charge in [0.25, 0.3) is 0 Å². The molecule has 144 valence electrons. The van der Waals surface area contributed by atoms with Crippen molar-refractivity contribution in [2.75, 3.05) is 31.2 Å². The molecule has 3 aliphatic rings. The van der Waals surface area contributed by atoms with Gasteiger partial charge in [0.15, 0.2) is 0 Å². The average molecular weight is 370 g/mol. The monoisotopic (exact) mass is 370 g/mol. The molecule has 2 N–H and O–H groups in total. The van der Waals surface area contributed by atoms with Crippen molar-refractivity contribution >= 4 is 22.8 Å². The van der Waals surface area contributed by atoms with E-state index in [1.807, 2.05) is 12.3 Å². The zero-order valence-electron chi connectivity index (χ0n) is 15.5. The van der Waals surface area contributed by atoms with E-state index in [-0.39, 0.29) is 29.3 Å². The smallest absolute Gasteiger partial charge is 0.309 e. The van der Waals surface area contributed by atoms with Gasteiger partial charge in [-0.25, -0.2) is 9.97 Å². The third-order valence-corrected chi connectivity index (χ3v) is 7.01. The molecular weight excluding hydrogens is 344 g/mol. The maximum absolute atomic E-state index is 12.8. The lowest BCUT2D eigenvalue weighted by atomic mass is 9.70. The highest BCUT2D eigenvalue weighted by atomic mass is 16.5. The minimum Gasteiger partial charge on any atom is -0.465 e. The highest BCUT2D eigenvalue weighted by molar-refractivity contribution is 5.87. The lowest BCUT2D eigenvalue weighted by molar-refractivity contribution is -0.159. The van der Waals surface area contributed by atoms with Crippen LogP contribution in [0.1, 0.15) is 38.5 Å². The third kappa shape index (κ3) is 2.79. The SMILES string of the molecule is O=C(OCC1(CO)CCC1)[C@@H]1CCN(c2ncnc3[nH]ccc23)CC12CC2. The largest absolute Gasteiger partial charge is 0.465 e. The number of carbonyl (C=O) groups is 1. The molecule has 2 aliphatic carbocycles. The van der Waals surface area contributed by atoms with Gasteiger partial charge in [-0.1, -0.05) is 6.42 Å². The predicted molar refractivity (Wildman–Crippen MR) is 100 cm³/mol. The molecule has 3 heterocycles. The number of rotatable bonds is 5. The summed E-state index contributed by atoms with van der Waals surface area (Å²) in [6.45, 7) is 2.12. The number of piperidine rings is 1. The molecule has 2 saturated carbocycles. The number of fused-ring (bicyclic) bond motifs is 1. The summed E-state index contributed by atoms with van der Waals surface area (Å²) in [5, 5.41) is 10.6. The van der Waals surface area contributed by atoms with Crippen LogP contribution >= 0.6 is 0 Å². The Kier molecular flexibility index (Phi) is 3.89. The second-order valence-electron chi connectivity index (χ2n) is 8.68. The highest BCUT2D eigenvalue weighted by Gasteiger charge is 2.56. The minimum atomic E-state index is -0.173. The summed E-state index contributed by atoms with van der Waals surface area (Å²) in [6, 6.07) is 2.01. The fourth-order valence-electron chi connectivity index (χ4n) is 4.84. The Bertz CT molecular complexity index is 850. The Labute approximate surface area is 158 Å². The van der Waals surface area contributed by atoms with Gasteiger partial charge in [-0.15, -0.1) is 0 Å². The fourth-order valence-corrected chi connectivity index (χ4v) is 4.84. The summed E-state index contributed by atoms with van der Waals surface area (Å²) in [5.41, 5.74) is 0.698. The van der Waals surface area contributed by atoms with Gasteiger partial charge in [0.05, 0.1) is 24.5 Å². The van der Waals surface area contributed by atoms with Crippen LogP contribution in [-0.2, 0) is 9.53 Å². The molecule has 27 heavy (non-hydrogen) atoms. The number of esters is 1. The van der Waals surface area contributed by atoms with Crippen molar-refractivity contribution < 1.29 is 14.6 Å². The van der Waals surface area contributed by atoms with Crippen molar-refractivity contribution in [3.8, 4) is 0 Å². The minimum absolute atomic E-state index is 0.0227.